The van der Waals surface area contributed by atoms with E-state index in [0.29, 0.717) is 5.75 Å². The van der Waals surface area contributed by atoms with Crippen molar-refractivity contribution < 1.29 is 18.6 Å². The molecule has 110 valence electrons. The lowest BCUT2D eigenvalue weighted by Gasteiger charge is -2.22. The number of ether oxygens (including phenoxy) is 1. The molecule has 2 rings (SSSR count). The van der Waals surface area contributed by atoms with Crippen molar-refractivity contribution in [2.75, 3.05) is 13.7 Å². The molecule has 20 heavy (non-hydrogen) atoms. The molecule has 0 radical (unpaired) electrons. The minimum absolute atomic E-state index is 0. The Balaban J connectivity index is 0.00000200. The van der Waals surface area contributed by atoms with Crippen molar-refractivity contribution in [3.05, 3.63) is 42.0 Å². The molecule has 2 aromatic carbocycles. The van der Waals surface area contributed by atoms with Crippen molar-refractivity contribution in [3.63, 3.8) is 0 Å². The lowest BCUT2D eigenvalue weighted by Crippen LogP contribution is -2.36. The maximum atomic E-state index is 13.4. The highest BCUT2D eigenvalue weighted by atomic mass is 35.5. The Morgan fingerprint density at radius 1 is 1.20 bits per heavy atom. The largest absolute Gasteiger partial charge is 0.497 e. The van der Waals surface area contributed by atoms with Crippen LogP contribution in [0.4, 0.5) is 8.78 Å². The van der Waals surface area contributed by atoms with Crippen LogP contribution in [0.15, 0.2) is 36.4 Å². The van der Waals surface area contributed by atoms with Crippen molar-refractivity contribution in [1.82, 2.24) is 0 Å². The van der Waals surface area contributed by atoms with Gasteiger partial charge in [0.15, 0.2) is 0 Å². The van der Waals surface area contributed by atoms with E-state index in [-0.39, 0.29) is 18.0 Å². The van der Waals surface area contributed by atoms with Gasteiger partial charge >= 0.3 is 0 Å². The van der Waals surface area contributed by atoms with Crippen LogP contribution >= 0.6 is 12.4 Å². The second-order valence-corrected chi connectivity index (χ2v) is 4.37. The summed E-state index contributed by atoms with van der Waals surface area (Å²) in [6.45, 7) is -1.27. The summed E-state index contributed by atoms with van der Waals surface area (Å²) in [6, 6.07) is 8.67. The quantitative estimate of drug-likeness (QED) is 0.913. The van der Waals surface area contributed by atoms with Gasteiger partial charge in [0.1, 0.15) is 12.4 Å². The normalized spacial score (nSPS) is 12.8. The van der Waals surface area contributed by atoms with E-state index in [1.807, 2.05) is 6.07 Å². The maximum absolute atomic E-state index is 13.4. The fourth-order valence-electron chi connectivity index (χ4n) is 1.90. The predicted octanol–water partition coefficient (Wildman–Crippen LogP) is 2.90. The molecular weight excluding hydrogens is 288 g/mol. The van der Waals surface area contributed by atoms with E-state index in [4.69, 9.17) is 15.6 Å². The zero-order chi connectivity index (χ0) is 14.0. The van der Waals surface area contributed by atoms with Gasteiger partial charge in [-0.3, -0.25) is 0 Å². The van der Waals surface area contributed by atoms with Crippen LogP contribution in [0.3, 0.4) is 0 Å². The summed E-state index contributed by atoms with van der Waals surface area (Å²) in [6.07, 6.45) is 0. The number of alkyl halides is 2. The summed E-state index contributed by atoms with van der Waals surface area (Å²) >= 11 is 0. The van der Waals surface area contributed by atoms with Gasteiger partial charge in [0.05, 0.1) is 13.2 Å². The van der Waals surface area contributed by atoms with E-state index < -0.39 is 18.6 Å². The fourth-order valence-corrected chi connectivity index (χ4v) is 1.90. The third-order valence-corrected chi connectivity index (χ3v) is 3.10. The van der Waals surface area contributed by atoms with Crippen LogP contribution in [-0.2, 0) is 0 Å². The molecular formula is C14H16ClF2NO2. The first kappa shape index (κ1) is 16.6. The Morgan fingerprint density at radius 3 is 2.40 bits per heavy atom. The molecule has 6 heteroatoms. The molecule has 0 unspecified atom stereocenters. The van der Waals surface area contributed by atoms with Gasteiger partial charge in [0.2, 0.25) is 0 Å². The summed E-state index contributed by atoms with van der Waals surface area (Å²) in [5.41, 5.74) is 5.78. The van der Waals surface area contributed by atoms with Crippen LogP contribution in [0, 0.1) is 0 Å². The van der Waals surface area contributed by atoms with Crippen molar-refractivity contribution in [1.29, 1.82) is 0 Å². The molecule has 0 saturated carbocycles. The maximum Gasteiger partial charge on any atom is 0.289 e. The molecule has 1 atom stereocenters. The first-order chi connectivity index (χ1) is 8.97. The smallest absolute Gasteiger partial charge is 0.289 e. The summed E-state index contributed by atoms with van der Waals surface area (Å²) < 4.78 is 31.8. The SMILES string of the molecule is COc1ccc2cc([C@@H](N)C(F)(F)CO)ccc2c1.Cl. The third-order valence-electron chi connectivity index (χ3n) is 3.10. The van der Waals surface area contributed by atoms with Gasteiger partial charge in [-0.1, -0.05) is 18.2 Å². The lowest BCUT2D eigenvalue weighted by molar-refractivity contribution is -0.0711. The second-order valence-electron chi connectivity index (χ2n) is 4.37. The van der Waals surface area contributed by atoms with Gasteiger partial charge in [0.25, 0.3) is 5.92 Å². The third kappa shape index (κ3) is 3.17. The van der Waals surface area contributed by atoms with Gasteiger partial charge < -0.3 is 15.6 Å². The molecule has 0 saturated heterocycles. The van der Waals surface area contributed by atoms with Crippen molar-refractivity contribution in [2.24, 2.45) is 5.73 Å². The number of aliphatic hydroxyl groups excluding tert-OH is 1. The molecule has 0 aromatic heterocycles. The molecule has 3 nitrogen and oxygen atoms in total. The molecule has 2 aromatic rings. The van der Waals surface area contributed by atoms with E-state index in [1.165, 1.54) is 6.07 Å². The van der Waals surface area contributed by atoms with Crippen LogP contribution in [0.25, 0.3) is 10.8 Å². The highest BCUT2D eigenvalue weighted by Gasteiger charge is 2.37. The highest BCUT2D eigenvalue weighted by molar-refractivity contribution is 5.85. The molecule has 0 aliphatic carbocycles. The molecule has 0 fully saturated rings. The second kappa shape index (κ2) is 6.35. The first-order valence-corrected chi connectivity index (χ1v) is 5.80. The standard InChI is InChI=1S/C14H15F2NO2.ClH/c1-19-12-5-4-9-6-11(3-2-10(9)7-12)13(17)14(15,16)8-18;/h2-7,13,18H,8,17H2,1H3;1H/t13-;/m1./s1. The first-order valence-electron chi connectivity index (χ1n) is 5.80. The monoisotopic (exact) mass is 303 g/mol. The summed E-state index contributed by atoms with van der Waals surface area (Å²) in [5, 5.41) is 10.3. The van der Waals surface area contributed by atoms with Crippen LogP contribution in [0.2, 0.25) is 0 Å². The van der Waals surface area contributed by atoms with Crippen LogP contribution in [-0.4, -0.2) is 24.7 Å². The number of methoxy groups -OCH3 is 1. The molecule has 0 heterocycles. The number of benzene rings is 2. The van der Waals surface area contributed by atoms with Crippen molar-refractivity contribution in [2.45, 2.75) is 12.0 Å². The van der Waals surface area contributed by atoms with E-state index in [9.17, 15) is 8.78 Å². The van der Waals surface area contributed by atoms with Gasteiger partial charge in [-0.2, -0.15) is 0 Å². The number of hydrogen-bond donors (Lipinski definition) is 2. The summed E-state index contributed by atoms with van der Waals surface area (Å²) in [7, 11) is 1.56. The molecule has 3 N–H and O–H groups in total. The number of fused-ring (bicyclic) bond motifs is 1. The Bertz CT molecular complexity index is 592. The van der Waals surface area contributed by atoms with E-state index in [2.05, 4.69) is 0 Å². The van der Waals surface area contributed by atoms with Crippen molar-refractivity contribution in [3.8, 4) is 5.75 Å². The van der Waals surface area contributed by atoms with Crippen molar-refractivity contribution >= 4 is 23.2 Å². The van der Waals surface area contributed by atoms with Gasteiger partial charge in [-0.25, -0.2) is 8.78 Å². The summed E-state index contributed by atoms with van der Waals surface area (Å²) in [4.78, 5) is 0. The van der Waals surface area contributed by atoms with E-state index in [1.54, 1.807) is 31.4 Å². The topological polar surface area (TPSA) is 55.5 Å². The Kier molecular flexibility index (Phi) is 5.28. The predicted molar refractivity (Wildman–Crippen MR) is 76.7 cm³/mol. The van der Waals surface area contributed by atoms with Gasteiger partial charge in [-0.15, -0.1) is 12.4 Å². The zero-order valence-electron chi connectivity index (χ0n) is 10.8. The average molecular weight is 304 g/mol. The molecule has 0 bridgehead atoms. The van der Waals surface area contributed by atoms with E-state index in [0.717, 1.165) is 10.8 Å². The minimum atomic E-state index is -3.33. The Hall–Kier alpha value is -1.43. The average Bonchev–Trinajstić information content (AvgIpc) is 2.45. The lowest BCUT2D eigenvalue weighted by atomic mass is 9.98. The number of aliphatic hydroxyl groups is 1. The number of hydrogen-bond acceptors (Lipinski definition) is 3. The number of rotatable bonds is 4. The Morgan fingerprint density at radius 2 is 1.80 bits per heavy atom. The fraction of sp³-hybridized carbons (Fsp3) is 0.286. The van der Waals surface area contributed by atoms with Gasteiger partial charge in [0, 0.05) is 0 Å². The zero-order valence-corrected chi connectivity index (χ0v) is 11.7. The van der Waals surface area contributed by atoms with Gasteiger partial charge in [-0.05, 0) is 34.5 Å². The summed E-state index contributed by atoms with van der Waals surface area (Å²) in [5.74, 6) is -2.63. The molecule has 0 spiro atoms. The molecule has 0 aliphatic rings. The highest BCUT2D eigenvalue weighted by Crippen LogP contribution is 2.31. The van der Waals surface area contributed by atoms with Crippen LogP contribution < -0.4 is 10.5 Å². The van der Waals surface area contributed by atoms with Crippen LogP contribution in [0.5, 0.6) is 5.75 Å². The molecule has 0 amide bonds. The Labute approximate surface area is 121 Å². The number of halogens is 3. The molecule has 0 aliphatic heterocycles. The number of nitrogens with two attached hydrogens (primary N) is 1. The van der Waals surface area contributed by atoms with E-state index >= 15 is 0 Å². The van der Waals surface area contributed by atoms with Crippen LogP contribution in [0.1, 0.15) is 11.6 Å². The minimum Gasteiger partial charge on any atom is -0.497 e.